The minimum absolute atomic E-state index is 0. The zero-order valence-electron chi connectivity index (χ0n) is 14.8. The Morgan fingerprint density at radius 3 is 2.37 bits per heavy atom. The van der Waals surface area contributed by atoms with E-state index in [-0.39, 0.29) is 18.3 Å². The maximum atomic E-state index is 13.6. The summed E-state index contributed by atoms with van der Waals surface area (Å²) in [6.07, 6.45) is 1.80. The molecule has 1 atom stereocenters. The van der Waals surface area contributed by atoms with Gasteiger partial charge in [0.15, 0.2) is 11.6 Å². The van der Waals surface area contributed by atoms with Crippen molar-refractivity contribution in [2.45, 2.75) is 23.0 Å². The minimum atomic E-state index is -0.905. The van der Waals surface area contributed by atoms with Crippen LogP contribution in [0.5, 0.6) is 0 Å². The summed E-state index contributed by atoms with van der Waals surface area (Å²) in [4.78, 5) is 15.5. The van der Waals surface area contributed by atoms with Crippen LogP contribution in [0.2, 0.25) is 0 Å². The van der Waals surface area contributed by atoms with Crippen LogP contribution in [0, 0.1) is 17.6 Å². The maximum Gasteiger partial charge on any atom is 0.240 e. The molecule has 1 unspecified atom stereocenters. The Bertz CT molecular complexity index is 755. The number of nitrogens with two attached hydrogens (primary N) is 1. The van der Waals surface area contributed by atoms with Crippen molar-refractivity contribution in [3.05, 3.63) is 65.7 Å². The molecule has 2 aromatic carbocycles. The van der Waals surface area contributed by atoms with Crippen LogP contribution in [0.1, 0.15) is 23.7 Å². The summed E-state index contributed by atoms with van der Waals surface area (Å²) < 4.78 is 26.8. The van der Waals surface area contributed by atoms with Gasteiger partial charge in [0.2, 0.25) is 5.91 Å². The number of thioether (sulfide) groups is 1. The first kappa shape index (κ1) is 21.7. The van der Waals surface area contributed by atoms with Crippen LogP contribution in [0.4, 0.5) is 8.78 Å². The number of amides is 1. The predicted molar refractivity (Wildman–Crippen MR) is 107 cm³/mol. The van der Waals surface area contributed by atoms with Crippen LogP contribution in [-0.2, 0) is 4.79 Å². The Morgan fingerprint density at radius 1 is 1.11 bits per heavy atom. The average molecular weight is 413 g/mol. The van der Waals surface area contributed by atoms with Crippen LogP contribution < -0.4 is 5.73 Å². The van der Waals surface area contributed by atoms with Crippen molar-refractivity contribution >= 4 is 30.1 Å². The molecular weight excluding hydrogens is 390 g/mol. The summed E-state index contributed by atoms with van der Waals surface area (Å²) in [6, 6.07) is 13.2. The highest BCUT2D eigenvalue weighted by Crippen LogP contribution is 2.38. The lowest BCUT2D eigenvalue weighted by atomic mass is 9.96. The maximum absolute atomic E-state index is 13.6. The van der Waals surface area contributed by atoms with E-state index in [0.29, 0.717) is 30.4 Å². The number of nitrogens with zero attached hydrogens (tertiary/aromatic N) is 1. The van der Waals surface area contributed by atoms with E-state index in [0.717, 1.165) is 30.5 Å². The summed E-state index contributed by atoms with van der Waals surface area (Å²) in [6.45, 7) is 2.01. The summed E-state index contributed by atoms with van der Waals surface area (Å²) in [5, 5.41) is -0.490. The largest absolute Gasteiger partial charge is 0.341 e. The Kier molecular flexibility index (Phi) is 8.07. The Hall–Kier alpha value is -1.63. The lowest BCUT2D eigenvalue weighted by Gasteiger charge is -2.33. The monoisotopic (exact) mass is 412 g/mol. The smallest absolute Gasteiger partial charge is 0.240 e. The molecule has 0 bridgehead atoms. The van der Waals surface area contributed by atoms with Gasteiger partial charge in [-0.1, -0.05) is 30.3 Å². The fourth-order valence-corrected chi connectivity index (χ4v) is 4.26. The Morgan fingerprint density at radius 2 is 1.78 bits per heavy atom. The number of likely N-dealkylation sites (tertiary alicyclic amines) is 1. The molecule has 1 fully saturated rings. The normalized spacial score (nSPS) is 15.9. The van der Waals surface area contributed by atoms with Crippen molar-refractivity contribution in [1.82, 2.24) is 4.90 Å². The summed E-state index contributed by atoms with van der Waals surface area (Å²) in [7, 11) is 0. The predicted octanol–water partition coefficient (Wildman–Crippen LogP) is 4.42. The fourth-order valence-electron chi connectivity index (χ4n) is 3.13. The van der Waals surface area contributed by atoms with Crippen molar-refractivity contribution in [3.63, 3.8) is 0 Å². The molecule has 1 saturated heterocycles. The van der Waals surface area contributed by atoms with Crippen molar-refractivity contribution in [2.24, 2.45) is 11.7 Å². The van der Waals surface area contributed by atoms with Gasteiger partial charge in [0.05, 0.1) is 0 Å². The standard InChI is InChI=1S/C20H22F2N2OS.ClH/c21-17-7-6-16(12-18(17)22)26-19(15-4-2-1-3-5-15)20(25)24-10-8-14(13-23)9-11-24;/h1-7,12,14,19H,8-11,13,23H2;1H. The summed E-state index contributed by atoms with van der Waals surface area (Å²) in [5.41, 5.74) is 6.59. The second kappa shape index (κ2) is 10.1. The SMILES string of the molecule is Cl.NCC1CCN(C(=O)C(Sc2ccc(F)c(F)c2)c2ccccc2)CC1. The van der Waals surface area contributed by atoms with Crippen LogP contribution in [0.15, 0.2) is 53.4 Å². The van der Waals surface area contributed by atoms with E-state index in [1.54, 1.807) is 0 Å². The number of carbonyl (C=O) groups is 1. The van der Waals surface area contributed by atoms with Crippen LogP contribution in [-0.4, -0.2) is 30.4 Å². The van der Waals surface area contributed by atoms with Gasteiger partial charge in [-0.2, -0.15) is 0 Å². The second-order valence-electron chi connectivity index (χ2n) is 6.49. The molecule has 27 heavy (non-hydrogen) atoms. The molecule has 1 heterocycles. The molecule has 0 radical (unpaired) electrons. The van der Waals surface area contributed by atoms with Crippen molar-refractivity contribution < 1.29 is 13.6 Å². The molecule has 2 aromatic rings. The van der Waals surface area contributed by atoms with Gasteiger partial charge in [0.25, 0.3) is 0 Å². The van der Waals surface area contributed by atoms with Gasteiger partial charge in [-0.25, -0.2) is 8.78 Å². The van der Waals surface area contributed by atoms with E-state index in [9.17, 15) is 13.6 Å². The van der Waals surface area contributed by atoms with Gasteiger partial charge in [-0.15, -0.1) is 24.2 Å². The van der Waals surface area contributed by atoms with Gasteiger partial charge in [-0.3, -0.25) is 4.79 Å². The van der Waals surface area contributed by atoms with Crippen molar-refractivity contribution in [2.75, 3.05) is 19.6 Å². The molecule has 0 spiro atoms. The zero-order chi connectivity index (χ0) is 18.5. The molecule has 1 amide bonds. The topological polar surface area (TPSA) is 46.3 Å². The van der Waals surface area contributed by atoms with Gasteiger partial charge in [-0.05, 0) is 49.1 Å². The fraction of sp³-hybridized carbons (Fsp3) is 0.350. The number of piperidine rings is 1. The first-order valence-electron chi connectivity index (χ1n) is 8.74. The number of halogens is 3. The molecule has 0 saturated carbocycles. The highest BCUT2D eigenvalue weighted by Gasteiger charge is 2.30. The average Bonchev–Trinajstić information content (AvgIpc) is 2.69. The third-order valence-electron chi connectivity index (χ3n) is 4.73. The third-order valence-corrected chi connectivity index (χ3v) is 5.97. The molecule has 0 aliphatic carbocycles. The molecular formula is C20H23ClF2N2OS. The molecule has 3 rings (SSSR count). The Labute approximate surface area is 168 Å². The van der Waals surface area contributed by atoms with Crippen molar-refractivity contribution in [1.29, 1.82) is 0 Å². The van der Waals surface area contributed by atoms with Gasteiger partial charge < -0.3 is 10.6 Å². The third kappa shape index (κ3) is 5.43. The highest BCUT2D eigenvalue weighted by atomic mass is 35.5. The zero-order valence-corrected chi connectivity index (χ0v) is 16.4. The molecule has 2 N–H and O–H groups in total. The van der Waals surface area contributed by atoms with Crippen LogP contribution in [0.25, 0.3) is 0 Å². The van der Waals surface area contributed by atoms with Gasteiger partial charge in [0, 0.05) is 18.0 Å². The van der Waals surface area contributed by atoms with E-state index in [2.05, 4.69) is 0 Å². The number of hydrogen-bond acceptors (Lipinski definition) is 3. The van der Waals surface area contributed by atoms with Gasteiger partial charge >= 0.3 is 0 Å². The number of rotatable bonds is 5. The second-order valence-corrected chi connectivity index (χ2v) is 7.67. The lowest BCUT2D eigenvalue weighted by Crippen LogP contribution is -2.41. The van der Waals surface area contributed by atoms with E-state index < -0.39 is 16.9 Å². The minimum Gasteiger partial charge on any atom is -0.341 e. The molecule has 1 aliphatic heterocycles. The number of benzene rings is 2. The molecule has 3 nitrogen and oxygen atoms in total. The molecule has 1 aliphatic rings. The number of hydrogen-bond donors (Lipinski definition) is 1. The summed E-state index contributed by atoms with van der Waals surface area (Å²) in [5.74, 6) is -1.33. The van der Waals surface area contributed by atoms with E-state index >= 15 is 0 Å². The van der Waals surface area contributed by atoms with E-state index in [1.165, 1.54) is 17.8 Å². The lowest BCUT2D eigenvalue weighted by molar-refractivity contribution is -0.132. The van der Waals surface area contributed by atoms with E-state index in [1.807, 2.05) is 35.2 Å². The van der Waals surface area contributed by atoms with E-state index in [4.69, 9.17) is 5.73 Å². The highest BCUT2D eigenvalue weighted by molar-refractivity contribution is 8.00. The van der Waals surface area contributed by atoms with Gasteiger partial charge in [0.1, 0.15) is 5.25 Å². The Balaban J connectivity index is 0.00000261. The molecule has 0 aromatic heterocycles. The van der Waals surface area contributed by atoms with Crippen LogP contribution in [0.3, 0.4) is 0 Å². The summed E-state index contributed by atoms with van der Waals surface area (Å²) >= 11 is 1.25. The number of carbonyl (C=O) groups excluding carboxylic acids is 1. The molecule has 146 valence electrons. The molecule has 7 heteroatoms. The quantitative estimate of drug-likeness (QED) is 0.739. The van der Waals surface area contributed by atoms with Crippen molar-refractivity contribution in [3.8, 4) is 0 Å². The first-order chi connectivity index (χ1) is 12.6. The van der Waals surface area contributed by atoms with Crippen LogP contribution >= 0.6 is 24.2 Å². The first-order valence-corrected chi connectivity index (χ1v) is 9.62.